The van der Waals surface area contributed by atoms with E-state index in [9.17, 15) is 20.1 Å². The number of rotatable bonds is 6. The van der Waals surface area contributed by atoms with Gasteiger partial charge in [0.1, 0.15) is 11.5 Å². The van der Waals surface area contributed by atoms with Crippen LogP contribution < -0.4 is 14.9 Å². The van der Waals surface area contributed by atoms with E-state index < -0.39 is 19.8 Å². The highest BCUT2D eigenvalue weighted by atomic mass is 16.5. The van der Waals surface area contributed by atoms with Gasteiger partial charge in [-0.3, -0.25) is 4.79 Å². The number of methoxy groups -OCH3 is 2. The fraction of sp³-hybridized carbons (Fsp3) is 0.250. The molecule has 0 amide bonds. The summed E-state index contributed by atoms with van der Waals surface area (Å²) in [5.41, 5.74) is 1.12. The van der Waals surface area contributed by atoms with Crippen LogP contribution in [0.4, 0.5) is 0 Å². The quantitative estimate of drug-likeness (QED) is 0.607. The largest absolute Gasteiger partial charge is 0.497 e. The van der Waals surface area contributed by atoms with E-state index in [0.717, 1.165) is 0 Å². The van der Waals surface area contributed by atoms with Gasteiger partial charge in [-0.2, -0.15) is 0 Å². The Hall–Kier alpha value is -2.87. The first kappa shape index (κ1) is 18.9. The van der Waals surface area contributed by atoms with Gasteiger partial charge in [0.25, 0.3) is 0 Å². The minimum Gasteiger partial charge on any atom is -0.497 e. The summed E-state index contributed by atoms with van der Waals surface area (Å²) in [6.45, 7) is -1.40. The van der Waals surface area contributed by atoms with Gasteiger partial charge in [0.05, 0.1) is 39.4 Å². The number of hydrogen-bond acceptors (Lipinski definition) is 7. The summed E-state index contributed by atoms with van der Waals surface area (Å²) in [5, 5.41) is 29.3. The molecule has 0 unspecified atom stereocenters. The average molecular weight is 372 g/mol. The van der Waals surface area contributed by atoms with Crippen molar-refractivity contribution in [2.75, 3.05) is 14.2 Å². The highest BCUT2D eigenvalue weighted by molar-refractivity contribution is 5.90. The molecule has 3 rings (SSSR count). The second-order valence-electron chi connectivity index (χ2n) is 5.85. The van der Waals surface area contributed by atoms with Crippen molar-refractivity contribution in [3.63, 3.8) is 0 Å². The average Bonchev–Trinajstić information content (AvgIpc) is 2.71. The third-order valence-electron chi connectivity index (χ3n) is 4.51. The van der Waals surface area contributed by atoms with Crippen LogP contribution in [0, 0.1) is 0 Å². The van der Waals surface area contributed by atoms with Gasteiger partial charge in [-0.15, -0.1) is 0 Å². The number of aliphatic hydroxyl groups excluding tert-OH is 3. The van der Waals surface area contributed by atoms with Crippen molar-refractivity contribution in [1.29, 1.82) is 0 Å². The molecule has 1 aromatic heterocycles. The molecule has 0 spiro atoms. The first-order chi connectivity index (χ1) is 13.1. The second-order valence-corrected chi connectivity index (χ2v) is 5.85. The van der Waals surface area contributed by atoms with Crippen molar-refractivity contribution in [3.8, 4) is 22.8 Å². The van der Waals surface area contributed by atoms with Gasteiger partial charge in [0, 0.05) is 17.2 Å². The zero-order valence-corrected chi connectivity index (χ0v) is 15.0. The van der Waals surface area contributed by atoms with Gasteiger partial charge in [-0.25, -0.2) is 0 Å². The van der Waals surface area contributed by atoms with Crippen LogP contribution in [0.2, 0.25) is 0 Å². The van der Waals surface area contributed by atoms with E-state index in [4.69, 9.17) is 13.9 Å². The minimum absolute atomic E-state index is 0.112. The summed E-state index contributed by atoms with van der Waals surface area (Å²) in [6, 6.07) is 8.30. The van der Waals surface area contributed by atoms with Crippen LogP contribution in [0.15, 0.2) is 39.5 Å². The molecular formula is C20H20O7. The number of benzene rings is 2. The summed E-state index contributed by atoms with van der Waals surface area (Å²) < 4.78 is 16.4. The van der Waals surface area contributed by atoms with Crippen molar-refractivity contribution < 1.29 is 29.2 Å². The molecule has 1 heterocycles. The normalized spacial score (nSPS) is 11.0. The Morgan fingerprint density at radius 3 is 2.04 bits per heavy atom. The Balaban J connectivity index is 2.38. The number of aliphatic hydroxyl groups is 3. The summed E-state index contributed by atoms with van der Waals surface area (Å²) in [4.78, 5) is 12.8. The highest BCUT2D eigenvalue weighted by Crippen LogP contribution is 2.37. The second kappa shape index (κ2) is 7.79. The van der Waals surface area contributed by atoms with Crippen molar-refractivity contribution in [2.24, 2.45) is 0 Å². The van der Waals surface area contributed by atoms with Crippen molar-refractivity contribution in [2.45, 2.75) is 19.8 Å². The minimum atomic E-state index is -0.490. The monoisotopic (exact) mass is 372 g/mol. The zero-order valence-electron chi connectivity index (χ0n) is 15.0. The maximum Gasteiger partial charge on any atom is 0.193 e. The summed E-state index contributed by atoms with van der Waals surface area (Å²) in [6.07, 6.45) is 0. The fourth-order valence-electron chi connectivity index (χ4n) is 3.19. The van der Waals surface area contributed by atoms with Crippen molar-refractivity contribution >= 4 is 11.0 Å². The van der Waals surface area contributed by atoms with Crippen molar-refractivity contribution in [1.82, 2.24) is 0 Å². The molecule has 0 atom stereocenters. The predicted molar refractivity (Wildman–Crippen MR) is 98.8 cm³/mol. The van der Waals surface area contributed by atoms with E-state index >= 15 is 0 Å². The molecule has 3 N–H and O–H groups in total. The topological polar surface area (TPSA) is 109 Å². The fourth-order valence-corrected chi connectivity index (χ4v) is 3.19. The van der Waals surface area contributed by atoms with Crippen LogP contribution in [-0.2, 0) is 19.8 Å². The lowest BCUT2D eigenvalue weighted by atomic mass is 9.96. The van der Waals surface area contributed by atoms with Gasteiger partial charge >= 0.3 is 0 Å². The number of fused-ring (bicyclic) bond motifs is 1. The molecule has 2 aromatic carbocycles. The molecule has 3 aromatic rings. The Kier molecular flexibility index (Phi) is 5.46. The zero-order chi connectivity index (χ0) is 19.6. The smallest absolute Gasteiger partial charge is 0.193 e. The first-order valence-electron chi connectivity index (χ1n) is 8.25. The van der Waals surface area contributed by atoms with E-state index in [-0.39, 0.29) is 38.8 Å². The Bertz CT molecular complexity index is 1020. The van der Waals surface area contributed by atoms with E-state index in [2.05, 4.69) is 0 Å². The standard InChI is InChI=1S/C20H20O7/c1-25-12-5-3-11(4-6-12)17-7-16(24)18-14(9-22)13(8-21)15(10-23)19(26-2)20(18)27-17/h3-7,21-23H,8-10H2,1-2H3. The number of hydrogen-bond donors (Lipinski definition) is 3. The maximum atomic E-state index is 12.8. The lowest BCUT2D eigenvalue weighted by molar-refractivity contribution is 0.244. The third kappa shape index (κ3) is 3.16. The van der Waals surface area contributed by atoms with E-state index in [1.54, 1.807) is 31.4 Å². The Morgan fingerprint density at radius 1 is 0.889 bits per heavy atom. The molecule has 0 saturated carbocycles. The van der Waals surface area contributed by atoms with Crippen LogP contribution in [0.25, 0.3) is 22.3 Å². The predicted octanol–water partition coefficient (Wildman–Crippen LogP) is 1.95. The van der Waals surface area contributed by atoms with Crippen LogP contribution in [0.5, 0.6) is 11.5 Å². The lowest BCUT2D eigenvalue weighted by Gasteiger charge is -2.18. The Morgan fingerprint density at radius 2 is 1.52 bits per heavy atom. The molecule has 0 aliphatic carbocycles. The molecule has 7 heteroatoms. The molecule has 0 radical (unpaired) electrons. The van der Waals surface area contributed by atoms with Crippen LogP contribution in [0.3, 0.4) is 0 Å². The van der Waals surface area contributed by atoms with Crippen LogP contribution in [0.1, 0.15) is 16.7 Å². The molecular weight excluding hydrogens is 352 g/mol. The van der Waals surface area contributed by atoms with Crippen molar-refractivity contribution in [3.05, 3.63) is 57.2 Å². The molecule has 0 aliphatic rings. The molecule has 7 nitrogen and oxygen atoms in total. The van der Waals surface area contributed by atoms with Gasteiger partial charge in [0.2, 0.25) is 0 Å². The Labute approximate surface area is 155 Å². The van der Waals surface area contributed by atoms with Crippen LogP contribution >= 0.6 is 0 Å². The molecule has 0 fully saturated rings. The SMILES string of the molecule is COc1ccc(-c2cc(=O)c3c(CO)c(CO)c(CO)c(OC)c3o2)cc1. The molecule has 0 bridgehead atoms. The van der Waals surface area contributed by atoms with Gasteiger partial charge in [0.15, 0.2) is 16.8 Å². The summed E-state index contributed by atoms with van der Waals surface area (Å²) >= 11 is 0. The number of ether oxygens (including phenoxy) is 2. The van der Waals surface area contributed by atoms with E-state index in [1.807, 2.05) is 0 Å². The molecule has 142 valence electrons. The maximum absolute atomic E-state index is 12.8. The lowest BCUT2D eigenvalue weighted by Crippen LogP contribution is -2.11. The first-order valence-corrected chi connectivity index (χ1v) is 8.25. The third-order valence-corrected chi connectivity index (χ3v) is 4.51. The van der Waals surface area contributed by atoms with Gasteiger partial charge < -0.3 is 29.2 Å². The molecule has 0 aliphatic heterocycles. The van der Waals surface area contributed by atoms with E-state index in [0.29, 0.717) is 17.1 Å². The molecule has 0 saturated heterocycles. The summed E-state index contributed by atoms with van der Waals surface area (Å²) in [7, 11) is 2.94. The van der Waals surface area contributed by atoms with Gasteiger partial charge in [-0.05, 0) is 35.4 Å². The summed E-state index contributed by atoms with van der Waals surface area (Å²) in [5.74, 6) is 1.12. The van der Waals surface area contributed by atoms with E-state index in [1.165, 1.54) is 13.2 Å². The molecule has 27 heavy (non-hydrogen) atoms. The van der Waals surface area contributed by atoms with Gasteiger partial charge in [-0.1, -0.05) is 0 Å². The highest BCUT2D eigenvalue weighted by Gasteiger charge is 2.23. The van der Waals surface area contributed by atoms with Crippen LogP contribution in [-0.4, -0.2) is 29.5 Å².